The number of allylic oxidation sites excluding steroid dienone is 1. The highest BCUT2D eigenvalue weighted by Crippen LogP contribution is 2.46. The van der Waals surface area contributed by atoms with Crippen molar-refractivity contribution >= 4 is 45.1 Å². The highest BCUT2D eigenvalue weighted by Gasteiger charge is 2.61. The van der Waals surface area contributed by atoms with Crippen molar-refractivity contribution in [1.29, 1.82) is 0 Å². The molecular formula is C35H50FN7O8S. The van der Waals surface area contributed by atoms with Gasteiger partial charge in [0, 0.05) is 32.5 Å². The number of ether oxygens (including phenoxy) is 2. The van der Waals surface area contributed by atoms with Crippen LogP contribution in [0, 0.1) is 11.7 Å². The fraction of sp³-hybridized carbons (Fsp3) is 0.629. The summed E-state index contributed by atoms with van der Waals surface area (Å²) < 4.78 is 56.6. The Morgan fingerprint density at radius 1 is 1.15 bits per heavy atom. The average molecular weight is 748 g/mol. The summed E-state index contributed by atoms with van der Waals surface area (Å²) in [5.41, 5.74) is -1.78. The number of benzene rings is 1. The van der Waals surface area contributed by atoms with Gasteiger partial charge < -0.3 is 25.0 Å². The van der Waals surface area contributed by atoms with Crippen molar-refractivity contribution < 1.29 is 41.5 Å². The predicted octanol–water partition coefficient (Wildman–Crippen LogP) is 3.32. The van der Waals surface area contributed by atoms with E-state index in [-0.39, 0.29) is 43.4 Å². The van der Waals surface area contributed by atoms with Gasteiger partial charge in [-0.15, -0.1) is 0 Å². The largest absolute Gasteiger partial charge is 0.459 e. The van der Waals surface area contributed by atoms with E-state index in [1.807, 2.05) is 26.0 Å². The van der Waals surface area contributed by atoms with Crippen LogP contribution in [0.15, 0.2) is 30.4 Å². The van der Waals surface area contributed by atoms with E-state index in [0.717, 1.165) is 17.1 Å². The minimum Gasteiger partial charge on any atom is -0.459 e. The Bertz CT molecular complexity index is 1840. The third kappa shape index (κ3) is 8.51. The fourth-order valence-electron chi connectivity index (χ4n) is 6.71. The lowest BCUT2D eigenvalue weighted by Crippen LogP contribution is -2.58. The van der Waals surface area contributed by atoms with Gasteiger partial charge >= 0.3 is 16.3 Å². The summed E-state index contributed by atoms with van der Waals surface area (Å²) in [4.78, 5) is 61.0. The summed E-state index contributed by atoms with van der Waals surface area (Å²) in [5, 5.41) is 5.51. The lowest BCUT2D eigenvalue weighted by Gasteiger charge is -2.30. The first-order chi connectivity index (χ1) is 24.3. The van der Waals surface area contributed by atoms with Crippen LogP contribution in [0.2, 0.25) is 0 Å². The second-order valence-corrected chi connectivity index (χ2v) is 17.1. The maximum absolute atomic E-state index is 14.8. The zero-order valence-corrected chi connectivity index (χ0v) is 31.6. The van der Waals surface area contributed by atoms with Crippen LogP contribution in [0.1, 0.15) is 85.6 Å². The minimum atomic E-state index is -4.18. The summed E-state index contributed by atoms with van der Waals surface area (Å²) in [6, 6.07) is 2.30. The normalized spacial score (nSPS) is 26.5. The molecule has 1 aromatic heterocycles. The lowest BCUT2D eigenvalue weighted by atomic mass is 10.0. The van der Waals surface area contributed by atoms with Gasteiger partial charge in [0.15, 0.2) is 5.82 Å². The van der Waals surface area contributed by atoms with Gasteiger partial charge in [0.25, 0.3) is 11.9 Å². The molecular weight excluding hydrogens is 697 g/mol. The second-order valence-electron chi connectivity index (χ2n) is 15.2. The summed E-state index contributed by atoms with van der Waals surface area (Å²) >= 11 is 0. The monoisotopic (exact) mass is 747 g/mol. The number of fused-ring (bicyclic) bond motifs is 3. The van der Waals surface area contributed by atoms with Gasteiger partial charge in [-0.3, -0.25) is 19.0 Å². The van der Waals surface area contributed by atoms with Crippen LogP contribution in [0.4, 0.5) is 9.18 Å². The van der Waals surface area contributed by atoms with Crippen LogP contribution in [-0.4, -0.2) is 101 Å². The molecule has 1 aromatic carbocycles. The van der Waals surface area contributed by atoms with Crippen LogP contribution in [0.5, 0.6) is 6.01 Å². The SMILES string of the molecule is CC(C)n1c(O[C@@H]2C[C@H]3C(=O)N[C@]4(C(=O)NS(=O)(=O)N(C)C)C[C@H]4/C=C\CCCCC[C@H](NC(=O)OC(C)(C)C)C(=O)N3C2)nc2c(F)cccc21. The Balaban J connectivity index is 1.50. The number of hydrogen-bond acceptors (Lipinski definition) is 9. The molecule has 0 radical (unpaired) electrons. The van der Waals surface area contributed by atoms with Crippen molar-refractivity contribution in [3.05, 3.63) is 36.2 Å². The standard InChI is InChI=1S/C35H50FN7O8S/c1-21(2)43-26-17-13-15-24(36)28(26)38-32(43)50-23-18-27-29(44)39-35(31(46)40-52(48,49)41(6)7)19-22(35)14-11-9-8-10-12-16-25(30(45)42(27)20-23)37-33(47)51-34(3,4)5/h11,13-15,17,21-23,25,27H,8-10,12,16,18-20H2,1-7H3,(H,37,47)(H,39,44)(H,40,46)/b14-11-/t22-,23-,25+,27+,35-/m1/s1. The van der Waals surface area contributed by atoms with Crippen molar-refractivity contribution in [1.82, 2.24) is 34.1 Å². The van der Waals surface area contributed by atoms with Crippen LogP contribution in [0.3, 0.4) is 0 Å². The number of carbonyl (C=O) groups excluding carboxylic acids is 4. The highest BCUT2D eigenvalue weighted by molar-refractivity contribution is 7.87. The van der Waals surface area contributed by atoms with Gasteiger partial charge in [-0.1, -0.05) is 31.1 Å². The van der Waals surface area contributed by atoms with E-state index < -0.39 is 75.1 Å². The third-order valence-corrected chi connectivity index (χ3v) is 10.9. The molecule has 2 aromatic rings. The average Bonchev–Trinajstić information content (AvgIpc) is 3.36. The molecule has 0 unspecified atom stereocenters. The van der Waals surface area contributed by atoms with E-state index in [4.69, 9.17) is 9.47 Å². The molecule has 5 atom stereocenters. The Hall–Kier alpha value is -4.25. The molecule has 2 aliphatic heterocycles. The molecule has 15 nitrogen and oxygen atoms in total. The maximum atomic E-state index is 14.8. The molecule has 0 bridgehead atoms. The highest BCUT2D eigenvalue weighted by atomic mass is 32.2. The van der Waals surface area contributed by atoms with Crippen molar-refractivity contribution in [3.8, 4) is 6.01 Å². The van der Waals surface area contributed by atoms with Gasteiger partial charge in [-0.2, -0.15) is 17.7 Å². The fourth-order valence-corrected chi connectivity index (χ4v) is 7.31. The number of imidazole rings is 1. The van der Waals surface area contributed by atoms with Crippen molar-refractivity contribution in [2.45, 2.75) is 115 Å². The summed E-state index contributed by atoms with van der Waals surface area (Å²) in [5.74, 6) is -3.15. The number of amides is 4. The van der Waals surface area contributed by atoms with Crippen LogP contribution in [-0.2, 0) is 29.3 Å². The number of carbonyl (C=O) groups is 4. The second kappa shape index (κ2) is 15.0. The number of alkyl carbamates (subject to hydrolysis) is 1. The minimum absolute atomic E-state index is 0.0330. The number of nitrogens with zero attached hydrogens (tertiary/aromatic N) is 4. The van der Waals surface area contributed by atoms with Gasteiger partial charge in [-0.25, -0.2) is 13.9 Å². The van der Waals surface area contributed by atoms with E-state index in [1.165, 1.54) is 25.1 Å². The Morgan fingerprint density at radius 3 is 2.56 bits per heavy atom. The first-order valence-electron chi connectivity index (χ1n) is 17.7. The number of aromatic nitrogens is 2. The van der Waals surface area contributed by atoms with Crippen LogP contribution in [0.25, 0.3) is 11.0 Å². The number of halogens is 1. The number of para-hydroxylation sites is 1. The lowest BCUT2D eigenvalue weighted by molar-refractivity contribution is -0.141. The van der Waals surface area contributed by atoms with Crippen LogP contribution < -0.4 is 20.1 Å². The van der Waals surface area contributed by atoms with Gasteiger partial charge in [0.1, 0.15) is 34.8 Å². The molecule has 1 saturated carbocycles. The molecule has 4 amide bonds. The molecule has 2 fully saturated rings. The van der Waals surface area contributed by atoms with E-state index >= 15 is 0 Å². The van der Waals surface area contributed by atoms with E-state index in [1.54, 1.807) is 37.5 Å². The molecule has 52 heavy (non-hydrogen) atoms. The molecule has 286 valence electrons. The summed E-state index contributed by atoms with van der Waals surface area (Å²) in [6.45, 7) is 8.81. The Kier molecular flexibility index (Phi) is 11.2. The molecule has 17 heteroatoms. The zero-order chi connectivity index (χ0) is 38.2. The molecule has 1 aliphatic carbocycles. The van der Waals surface area contributed by atoms with E-state index in [0.29, 0.717) is 18.4 Å². The number of rotatable bonds is 7. The van der Waals surface area contributed by atoms with Gasteiger partial charge in [0.2, 0.25) is 11.8 Å². The van der Waals surface area contributed by atoms with Gasteiger partial charge in [0.05, 0.1) is 12.1 Å². The maximum Gasteiger partial charge on any atom is 0.408 e. The predicted molar refractivity (Wildman–Crippen MR) is 190 cm³/mol. The smallest absolute Gasteiger partial charge is 0.408 e. The quantitative estimate of drug-likeness (QED) is 0.358. The molecule has 1 saturated heterocycles. The molecule has 3 heterocycles. The zero-order valence-electron chi connectivity index (χ0n) is 30.8. The number of nitrogens with one attached hydrogen (secondary N) is 3. The Labute approximate surface area is 303 Å². The molecule has 3 N–H and O–H groups in total. The number of hydrogen-bond donors (Lipinski definition) is 3. The van der Waals surface area contributed by atoms with Crippen LogP contribution >= 0.6 is 0 Å². The first-order valence-corrected chi connectivity index (χ1v) is 19.1. The third-order valence-electron chi connectivity index (χ3n) is 9.47. The van der Waals surface area contributed by atoms with Crippen molar-refractivity contribution in [2.24, 2.45) is 5.92 Å². The Morgan fingerprint density at radius 2 is 1.88 bits per heavy atom. The molecule has 0 spiro atoms. The summed E-state index contributed by atoms with van der Waals surface area (Å²) in [7, 11) is -1.63. The summed E-state index contributed by atoms with van der Waals surface area (Å²) in [6.07, 6.45) is 5.27. The van der Waals surface area contributed by atoms with Gasteiger partial charge in [-0.05, 0) is 72.4 Å². The van der Waals surface area contributed by atoms with Crippen molar-refractivity contribution in [2.75, 3.05) is 20.6 Å². The van der Waals surface area contributed by atoms with E-state index in [9.17, 15) is 32.0 Å². The molecule has 5 rings (SSSR count). The first kappa shape index (κ1) is 39.0. The topological polar surface area (TPSA) is 181 Å². The molecule has 3 aliphatic rings. The van der Waals surface area contributed by atoms with Crippen molar-refractivity contribution in [3.63, 3.8) is 0 Å². The van der Waals surface area contributed by atoms with E-state index in [2.05, 4.69) is 20.3 Å².